The third-order valence-corrected chi connectivity index (χ3v) is 10.2. The maximum Gasteiger partial charge on any atom is 0.122 e. The van der Waals surface area contributed by atoms with Crippen molar-refractivity contribution in [3.63, 3.8) is 0 Å². The van der Waals surface area contributed by atoms with Crippen molar-refractivity contribution in [1.82, 2.24) is 9.80 Å². The van der Waals surface area contributed by atoms with Gasteiger partial charge >= 0.3 is 0 Å². The lowest BCUT2D eigenvalue weighted by Crippen LogP contribution is -2.41. The van der Waals surface area contributed by atoms with Crippen molar-refractivity contribution >= 4 is 0 Å². The lowest BCUT2D eigenvalue weighted by Gasteiger charge is -2.35. The van der Waals surface area contributed by atoms with Crippen LogP contribution in [0.4, 0.5) is 0 Å². The predicted molar refractivity (Wildman–Crippen MR) is 197 cm³/mol. The SMILES string of the molecule is CCCN(CCc1ccccc1)C1CCc2cccc(O)c2C1.CCCN(CCc1ccccc1)C1CCc2cccc(OC)c2C1. The summed E-state index contributed by atoms with van der Waals surface area (Å²) in [6.45, 7) is 9.11. The Bertz CT molecular complexity index is 1470. The molecule has 4 nitrogen and oxygen atoms in total. The average Bonchev–Trinajstić information content (AvgIpc) is 3.12. The summed E-state index contributed by atoms with van der Waals surface area (Å²) in [4.78, 5) is 5.32. The molecule has 0 aliphatic heterocycles. The molecule has 4 heteroatoms. The van der Waals surface area contributed by atoms with E-state index in [1.54, 1.807) is 7.11 Å². The van der Waals surface area contributed by atoms with Gasteiger partial charge in [0, 0.05) is 25.2 Å². The fraction of sp³-hybridized carbons (Fsp3) is 0.442. The Hall–Kier alpha value is -3.60. The maximum atomic E-state index is 10.2. The second kappa shape index (κ2) is 18.1. The summed E-state index contributed by atoms with van der Waals surface area (Å²) in [5.74, 6) is 1.54. The third kappa shape index (κ3) is 9.72. The number of hydrogen-bond donors (Lipinski definition) is 1. The Morgan fingerprint density at radius 3 is 1.60 bits per heavy atom. The van der Waals surface area contributed by atoms with Gasteiger partial charge in [0.1, 0.15) is 11.5 Å². The van der Waals surface area contributed by atoms with Crippen LogP contribution >= 0.6 is 0 Å². The molecule has 250 valence electrons. The molecule has 0 saturated heterocycles. The third-order valence-electron chi connectivity index (χ3n) is 10.2. The minimum Gasteiger partial charge on any atom is -0.508 e. The molecular weight excluding hydrogens is 576 g/mol. The molecule has 1 N–H and O–H groups in total. The topological polar surface area (TPSA) is 35.9 Å². The normalized spacial score (nSPS) is 17.0. The van der Waals surface area contributed by atoms with Crippen LogP contribution in [0.25, 0.3) is 0 Å². The molecule has 2 atom stereocenters. The number of phenols is 1. The molecule has 47 heavy (non-hydrogen) atoms. The summed E-state index contributed by atoms with van der Waals surface area (Å²) in [6.07, 6.45) is 11.4. The van der Waals surface area contributed by atoms with Crippen molar-refractivity contribution in [1.29, 1.82) is 0 Å². The van der Waals surface area contributed by atoms with E-state index in [0.717, 1.165) is 57.5 Å². The second-order valence-corrected chi connectivity index (χ2v) is 13.3. The zero-order valence-electron chi connectivity index (χ0n) is 29.0. The smallest absolute Gasteiger partial charge is 0.122 e. The molecule has 0 saturated carbocycles. The van der Waals surface area contributed by atoms with Crippen LogP contribution < -0.4 is 4.74 Å². The fourth-order valence-corrected chi connectivity index (χ4v) is 7.67. The van der Waals surface area contributed by atoms with Crippen molar-refractivity contribution in [3.8, 4) is 11.5 Å². The molecule has 0 bridgehead atoms. The van der Waals surface area contributed by atoms with E-state index in [-0.39, 0.29) is 0 Å². The quantitative estimate of drug-likeness (QED) is 0.160. The van der Waals surface area contributed by atoms with Crippen molar-refractivity contribution in [2.45, 2.75) is 90.1 Å². The Balaban J connectivity index is 0.000000185. The largest absolute Gasteiger partial charge is 0.508 e. The molecule has 0 radical (unpaired) electrons. The Morgan fingerprint density at radius 1 is 0.596 bits per heavy atom. The number of ether oxygens (including phenoxy) is 1. The summed E-state index contributed by atoms with van der Waals surface area (Å²) < 4.78 is 5.61. The highest BCUT2D eigenvalue weighted by Gasteiger charge is 2.27. The number of methoxy groups -OCH3 is 1. The monoisotopic (exact) mass is 632 g/mol. The molecule has 2 unspecified atom stereocenters. The van der Waals surface area contributed by atoms with Crippen molar-refractivity contribution < 1.29 is 9.84 Å². The van der Waals surface area contributed by atoms with Crippen LogP contribution in [0.2, 0.25) is 0 Å². The first kappa shape index (κ1) is 34.7. The number of hydrogen-bond acceptors (Lipinski definition) is 4. The number of rotatable bonds is 13. The molecule has 0 heterocycles. The van der Waals surface area contributed by atoms with E-state index in [1.807, 2.05) is 12.1 Å². The minimum atomic E-state index is 0.478. The highest BCUT2D eigenvalue weighted by Crippen LogP contribution is 2.32. The fourth-order valence-electron chi connectivity index (χ4n) is 7.67. The molecule has 6 rings (SSSR count). The first-order chi connectivity index (χ1) is 23.1. The summed E-state index contributed by atoms with van der Waals surface area (Å²) >= 11 is 0. The number of phenolic OH excluding ortho intramolecular Hbond substituents is 1. The molecular formula is C43H56N2O2. The molecule has 0 aromatic heterocycles. The van der Waals surface area contributed by atoms with Crippen LogP contribution in [0, 0.1) is 0 Å². The van der Waals surface area contributed by atoms with Crippen molar-refractivity contribution in [3.05, 3.63) is 130 Å². The van der Waals surface area contributed by atoms with Gasteiger partial charge in [0.2, 0.25) is 0 Å². The maximum absolute atomic E-state index is 10.2. The van der Waals surface area contributed by atoms with E-state index in [2.05, 4.69) is 109 Å². The number of aryl methyl sites for hydroxylation is 2. The van der Waals surface area contributed by atoms with Crippen LogP contribution in [0.3, 0.4) is 0 Å². The van der Waals surface area contributed by atoms with Gasteiger partial charge in [0.15, 0.2) is 0 Å². The minimum absolute atomic E-state index is 0.478. The van der Waals surface area contributed by atoms with E-state index >= 15 is 0 Å². The summed E-state index contributed by atoms with van der Waals surface area (Å²) in [7, 11) is 1.79. The highest BCUT2D eigenvalue weighted by molar-refractivity contribution is 5.43. The molecule has 2 aliphatic rings. The molecule has 0 fully saturated rings. The number of benzene rings is 4. The number of fused-ring (bicyclic) bond motifs is 2. The standard InChI is InChI=1S/C22H29NO.C21H27NO/c1-3-15-23(16-14-18-8-5-4-6-9-18)20-13-12-19-10-7-11-22(24-2)21(19)17-20;1-2-14-22(15-13-17-7-4-3-5-8-17)19-12-11-18-9-6-10-21(23)20(18)16-19/h4-11,20H,3,12-17H2,1-2H3;3-10,19,23H,2,11-16H2,1H3. The predicted octanol–water partition coefficient (Wildman–Crippen LogP) is 8.71. The van der Waals surface area contributed by atoms with Gasteiger partial charge in [-0.1, -0.05) is 98.8 Å². The van der Waals surface area contributed by atoms with Gasteiger partial charge in [-0.2, -0.15) is 0 Å². The molecule has 4 aromatic rings. The van der Waals surface area contributed by atoms with Crippen LogP contribution in [-0.4, -0.2) is 60.3 Å². The van der Waals surface area contributed by atoms with Crippen molar-refractivity contribution in [2.24, 2.45) is 0 Å². The van der Waals surface area contributed by atoms with Gasteiger partial charge in [0.25, 0.3) is 0 Å². The van der Waals surface area contributed by atoms with E-state index in [0.29, 0.717) is 17.8 Å². The number of aromatic hydroxyl groups is 1. The van der Waals surface area contributed by atoms with Crippen LogP contribution in [0.5, 0.6) is 11.5 Å². The summed E-state index contributed by atoms with van der Waals surface area (Å²) in [5, 5.41) is 10.2. The zero-order valence-corrected chi connectivity index (χ0v) is 29.0. The summed E-state index contributed by atoms with van der Waals surface area (Å²) in [5.41, 5.74) is 8.26. The van der Waals surface area contributed by atoms with Crippen molar-refractivity contribution in [2.75, 3.05) is 33.3 Å². The first-order valence-corrected chi connectivity index (χ1v) is 18.1. The Morgan fingerprint density at radius 2 is 1.09 bits per heavy atom. The van der Waals surface area contributed by atoms with Crippen LogP contribution in [0.15, 0.2) is 97.1 Å². The van der Waals surface area contributed by atoms with Gasteiger partial charge in [0.05, 0.1) is 7.11 Å². The molecule has 0 amide bonds. The molecule has 4 aromatic carbocycles. The van der Waals surface area contributed by atoms with Gasteiger partial charge in [-0.15, -0.1) is 0 Å². The van der Waals surface area contributed by atoms with Gasteiger partial charge in [-0.3, -0.25) is 9.80 Å². The number of nitrogens with zero attached hydrogens (tertiary/aromatic N) is 2. The van der Waals surface area contributed by atoms with Crippen LogP contribution in [-0.2, 0) is 38.5 Å². The molecule has 0 spiro atoms. The summed E-state index contributed by atoms with van der Waals surface area (Å²) in [6, 6.07) is 35.2. The first-order valence-electron chi connectivity index (χ1n) is 18.1. The lowest BCUT2D eigenvalue weighted by atomic mass is 9.86. The van der Waals surface area contributed by atoms with Gasteiger partial charge < -0.3 is 9.84 Å². The molecule has 2 aliphatic carbocycles. The van der Waals surface area contributed by atoms with Crippen LogP contribution in [0.1, 0.15) is 72.9 Å². The highest BCUT2D eigenvalue weighted by atomic mass is 16.5. The van der Waals surface area contributed by atoms with E-state index in [1.165, 1.54) is 72.0 Å². The van der Waals surface area contributed by atoms with E-state index in [4.69, 9.17) is 4.74 Å². The Labute approximate surface area is 284 Å². The zero-order chi connectivity index (χ0) is 32.8. The van der Waals surface area contributed by atoms with E-state index in [9.17, 15) is 5.11 Å². The van der Waals surface area contributed by atoms with Gasteiger partial charge in [-0.05, 0) is 123 Å². The Kier molecular flexibility index (Phi) is 13.4. The van der Waals surface area contributed by atoms with Gasteiger partial charge in [-0.25, -0.2) is 0 Å². The lowest BCUT2D eigenvalue weighted by molar-refractivity contribution is 0.180. The average molecular weight is 633 g/mol. The second-order valence-electron chi connectivity index (χ2n) is 13.3. The van der Waals surface area contributed by atoms with E-state index < -0.39 is 0 Å².